The topological polar surface area (TPSA) is 48.1 Å². The fourth-order valence-electron chi connectivity index (χ4n) is 2.29. The fraction of sp³-hybridized carbons (Fsp3) is 0.471. The van der Waals surface area contributed by atoms with Crippen molar-refractivity contribution in [3.8, 4) is 5.75 Å². The molecule has 0 bridgehead atoms. The van der Waals surface area contributed by atoms with Crippen LogP contribution >= 0.6 is 0 Å². The molecule has 108 valence electrons. The third-order valence-corrected chi connectivity index (χ3v) is 3.12. The van der Waals surface area contributed by atoms with Crippen molar-refractivity contribution in [2.45, 2.75) is 40.2 Å². The molecule has 3 heteroatoms. The van der Waals surface area contributed by atoms with Crippen LogP contribution in [0.2, 0.25) is 0 Å². The van der Waals surface area contributed by atoms with Gasteiger partial charge in [0.05, 0.1) is 12.1 Å². The summed E-state index contributed by atoms with van der Waals surface area (Å²) in [6.07, 6.45) is 0.855. The molecule has 0 saturated heterocycles. The smallest absolute Gasteiger partial charge is 0.120 e. The van der Waals surface area contributed by atoms with Crippen molar-refractivity contribution in [1.82, 2.24) is 4.98 Å². The fourth-order valence-corrected chi connectivity index (χ4v) is 2.29. The summed E-state index contributed by atoms with van der Waals surface area (Å²) >= 11 is 0. The highest BCUT2D eigenvalue weighted by molar-refractivity contribution is 5.84. The molecule has 2 aromatic rings. The van der Waals surface area contributed by atoms with Crippen molar-refractivity contribution in [2.75, 3.05) is 6.61 Å². The molecule has 0 aliphatic rings. The molecule has 1 atom stereocenters. The van der Waals surface area contributed by atoms with E-state index in [0.717, 1.165) is 35.4 Å². The lowest BCUT2D eigenvalue weighted by molar-refractivity contribution is 0.271. The molecule has 0 aliphatic carbocycles. The zero-order chi connectivity index (χ0) is 14.7. The summed E-state index contributed by atoms with van der Waals surface area (Å²) in [6.45, 7) is 9.07. The molecule has 0 saturated carbocycles. The van der Waals surface area contributed by atoms with Crippen molar-refractivity contribution in [1.29, 1.82) is 0 Å². The second-order valence-electron chi connectivity index (χ2n) is 5.99. The highest BCUT2D eigenvalue weighted by Gasteiger charge is 2.08. The van der Waals surface area contributed by atoms with Gasteiger partial charge in [-0.15, -0.1) is 0 Å². The molecule has 1 unspecified atom stereocenters. The predicted molar refractivity (Wildman–Crippen MR) is 84.2 cm³/mol. The minimum Gasteiger partial charge on any atom is -0.493 e. The van der Waals surface area contributed by atoms with Crippen LogP contribution in [-0.4, -0.2) is 17.6 Å². The number of hydrogen-bond acceptors (Lipinski definition) is 3. The molecule has 1 aromatic carbocycles. The minimum atomic E-state index is 0.139. The SMILES string of the molecule is Cc1cc(CC(C)N)c2cc(OCC(C)C)ccc2n1. The van der Waals surface area contributed by atoms with Crippen LogP contribution < -0.4 is 10.5 Å². The van der Waals surface area contributed by atoms with Crippen molar-refractivity contribution < 1.29 is 4.74 Å². The third-order valence-electron chi connectivity index (χ3n) is 3.12. The first-order valence-corrected chi connectivity index (χ1v) is 7.24. The van der Waals surface area contributed by atoms with E-state index in [9.17, 15) is 0 Å². The normalized spacial score (nSPS) is 12.9. The number of ether oxygens (including phenoxy) is 1. The summed E-state index contributed by atoms with van der Waals surface area (Å²) in [6, 6.07) is 8.37. The highest BCUT2D eigenvalue weighted by atomic mass is 16.5. The van der Waals surface area contributed by atoms with Crippen LogP contribution in [0.3, 0.4) is 0 Å². The van der Waals surface area contributed by atoms with E-state index in [4.69, 9.17) is 10.5 Å². The van der Waals surface area contributed by atoms with Crippen molar-refractivity contribution in [3.63, 3.8) is 0 Å². The highest BCUT2D eigenvalue weighted by Crippen LogP contribution is 2.25. The van der Waals surface area contributed by atoms with Gasteiger partial charge in [0.25, 0.3) is 0 Å². The lowest BCUT2D eigenvalue weighted by Gasteiger charge is -2.13. The number of rotatable bonds is 5. The molecule has 0 spiro atoms. The maximum Gasteiger partial charge on any atom is 0.120 e. The summed E-state index contributed by atoms with van der Waals surface area (Å²) in [5, 5.41) is 1.15. The van der Waals surface area contributed by atoms with Crippen molar-refractivity contribution in [3.05, 3.63) is 35.5 Å². The Balaban J connectivity index is 2.40. The molecule has 0 radical (unpaired) electrons. The average Bonchev–Trinajstić information content (AvgIpc) is 2.35. The molecule has 3 nitrogen and oxygen atoms in total. The van der Waals surface area contributed by atoms with Gasteiger partial charge in [-0.05, 0) is 56.0 Å². The number of benzene rings is 1. The van der Waals surface area contributed by atoms with E-state index in [1.54, 1.807) is 0 Å². The number of aromatic nitrogens is 1. The molecule has 20 heavy (non-hydrogen) atoms. The summed E-state index contributed by atoms with van der Waals surface area (Å²) in [7, 11) is 0. The monoisotopic (exact) mass is 272 g/mol. The minimum absolute atomic E-state index is 0.139. The van der Waals surface area contributed by atoms with Crippen LogP contribution in [0, 0.1) is 12.8 Å². The van der Waals surface area contributed by atoms with Crippen molar-refractivity contribution >= 4 is 10.9 Å². The van der Waals surface area contributed by atoms with E-state index in [1.165, 1.54) is 5.56 Å². The second kappa shape index (κ2) is 6.23. The molecule has 0 fully saturated rings. The Morgan fingerprint density at radius 2 is 1.95 bits per heavy atom. The number of fused-ring (bicyclic) bond motifs is 1. The Morgan fingerprint density at radius 3 is 2.60 bits per heavy atom. The quantitative estimate of drug-likeness (QED) is 0.906. The van der Waals surface area contributed by atoms with Crippen LogP contribution in [0.15, 0.2) is 24.3 Å². The average molecular weight is 272 g/mol. The standard InChI is InChI=1S/C17H24N2O/c1-11(2)10-20-15-5-6-17-16(9-15)14(7-12(3)18)8-13(4)19-17/h5-6,8-9,11-12H,7,10,18H2,1-4H3. The van der Waals surface area contributed by atoms with Gasteiger partial charge >= 0.3 is 0 Å². The van der Waals surface area contributed by atoms with Crippen LogP contribution in [0.1, 0.15) is 32.0 Å². The summed E-state index contributed by atoms with van der Waals surface area (Å²) in [5.41, 5.74) is 9.24. The van der Waals surface area contributed by atoms with Gasteiger partial charge < -0.3 is 10.5 Å². The molecular weight excluding hydrogens is 248 g/mol. The van der Waals surface area contributed by atoms with Crippen molar-refractivity contribution in [2.24, 2.45) is 11.7 Å². The van der Waals surface area contributed by atoms with Gasteiger partial charge in [0.15, 0.2) is 0 Å². The second-order valence-corrected chi connectivity index (χ2v) is 5.99. The first-order valence-electron chi connectivity index (χ1n) is 7.24. The third kappa shape index (κ3) is 3.70. The molecule has 1 aromatic heterocycles. The van der Waals surface area contributed by atoms with E-state index in [1.807, 2.05) is 26.0 Å². The Hall–Kier alpha value is -1.61. The molecule has 0 amide bonds. The Bertz CT molecular complexity index is 591. The largest absolute Gasteiger partial charge is 0.493 e. The maximum absolute atomic E-state index is 5.95. The lowest BCUT2D eigenvalue weighted by atomic mass is 10.0. The van der Waals surface area contributed by atoms with Crippen LogP contribution in [0.25, 0.3) is 10.9 Å². The van der Waals surface area contributed by atoms with Crippen LogP contribution in [0.4, 0.5) is 0 Å². The summed E-state index contributed by atoms with van der Waals surface area (Å²) < 4.78 is 5.81. The van der Waals surface area contributed by atoms with E-state index >= 15 is 0 Å². The van der Waals surface area contributed by atoms with E-state index < -0.39 is 0 Å². The van der Waals surface area contributed by atoms with Gasteiger partial charge in [-0.3, -0.25) is 4.98 Å². The maximum atomic E-state index is 5.95. The molecule has 2 rings (SSSR count). The van der Waals surface area contributed by atoms with Gasteiger partial charge in [-0.25, -0.2) is 0 Å². The molecule has 2 N–H and O–H groups in total. The Morgan fingerprint density at radius 1 is 1.20 bits per heavy atom. The number of nitrogens with zero attached hydrogens (tertiary/aromatic N) is 1. The number of nitrogens with two attached hydrogens (primary N) is 1. The number of hydrogen-bond donors (Lipinski definition) is 1. The lowest BCUT2D eigenvalue weighted by Crippen LogP contribution is -2.18. The summed E-state index contributed by atoms with van der Waals surface area (Å²) in [5.74, 6) is 1.42. The van der Waals surface area contributed by atoms with Gasteiger partial charge in [0.2, 0.25) is 0 Å². The zero-order valence-electron chi connectivity index (χ0n) is 12.8. The van der Waals surface area contributed by atoms with Gasteiger partial charge in [-0.1, -0.05) is 13.8 Å². The first-order chi connectivity index (χ1) is 9.45. The molecule has 0 aliphatic heterocycles. The van der Waals surface area contributed by atoms with E-state index in [2.05, 4.69) is 31.0 Å². The van der Waals surface area contributed by atoms with E-state index in [-0.39, 0.29) is 6.04 Å². The predicted octanol–water partition coefficient (Wildman–Crippen LogP) is 3.47. The first kappa shape index (κ1) is 14.8. The van der Waals surface area contributed by atoms with Crippen LogP contribution in [0.5, 0.6) is 5.75 Å². The van der Waals surface area contributed by atoms with Crippen LogP contribution in [-0.2, 0) is 6.42 Å². The molecule has 1 heterocycles. The van der Waals surface area contributed by atoms with Gasteiger partial charge in [-0.2, -0.15) is 0 Å². The molecular formula is C17H24N2O. The van der Waals surface area contributed by atoms with E-state index in [0.29, 0.717) is 5.92 Å². The summed E-state index contributed by atoms with van der Waals surface area (Å²) in [4.78, 5) is 4.58. The number of pyridine rings is 1. The van der Waals surface area contributed by atoms with Gasteiger partial charge in [0.1, 0.15) is 5.75 Å². The number of aryl methyl sites for hydroxylation is 1. The zero-order valence-corrected chi connectivity index (χ0v) is 12.8. The Labute approximate surface area is 121 Å². The Kier molecular flexibility index (Phi) is 4.61. The van der Waals surface area contributed by atoms with Gasteiger partial charge in [0, 0.05) is 17.1 Å².